The highest BCUT2D eigenvalue weighted by atomic mass is 35.5. The number of amides is 1. The topological polar surface area (TPSA) is 75.3 Å². The van der Waals surface area contributed by atoms with Gasteiger partial charge in [-0.15, -0.1) is 0 Å². The third kappa shape index (κ3) is 2.86. The van der Waals surface area contributed by atoms with Gasteiger partial charge in [0.05, 0.1) is 18.2 Å². The lowest BCUT2D eigenvalue weighted by atomic mass is 9.98. The number of esters is 1. The van der Waals surface area contributed by atoms with Crippen LogP contribution < -0.4 is 4.90 Å². The van der Waals surface area contributed by atoms with E-state index in [1.807, 2.05) is 25.1 Å². The molecule has 1 aliphatic heterocycles. The van der Waals surface area contributed by atoms with Gasteiger partial charge in [-0.25, -0.2) is 4.79 Å². The zero-order chi connectivity index (χ0) is 19.8. The Hall–Kier alpha value is -3.12. The number of fused-ring (bicyclic) bond motifs is 1. The highest BCUT2D eigenvalue weighted by Crippen LogP contribution is 2.44. The summed E-state index contributed by atoms with van der Waals surface area (Å²) in [5.74, 6) is -0.610. The Bertz CT molecular complexity index is 1060. The van der Waals surface area contributed by atoms with Gasteiger partial charge >= 0.3 is 5.97 Å². The second kappa shape index (κ2) is 7.13. The molecule has 0 saturated heterocycles. The van der Waals surface area contributed by atoms with Crippen molar-refractivity contribution in [1.82, 2.24) is 10.2 Å². The molecule has 1 amide bonds. The average molecular weight is 396 g/mol. The number of benzene rings is 2. The summed E-state index contributed by atoms with van der Waals surface area (Å²) in [6, 6.07) is 13.8. The highest BCUT2D eigenvalue weighted by molar-refractivity contribution is 6.31. The zero-order valence-corrected chi connectivity index (χ0v) is 16.2. The largest absolute Gasteiger partial charge is 0.462 e. The number of H-pyrrole nitrogens is 1. The van der Waals surface area contributed by atoms with Gasteiger partial charge in [-0.1, -0.05) is 29.8 Å². The third-order valence-corrected chi connectivity index (χ3v) is 5.15. The van der Waals surface area contributed by atoms with Crippen LogP contribution >= 0.6 is 11.6 Å². The van der Waals surface area contributed by atoms with Crippen LogP contribution in [0.3, 0.4) is 0 Å². The van der Waals surface area contributed by atoms with Crippen LogP contribution in [0, 0.1) is 6.92 Å². The number of nitrogens with zero attached hydrogens (tertiary/aromatic N) is 2. The number of nitrogens with one attached hydrogen (secondary N) is 1. The van der Waals surface area contributed by atoms with E-state index >= 15 is 0 Å². The predicted molar refractivity (Wildman–Crippen MR) is 106 cm³/mol. The van der Waals surface area contributed by atoms with Crippen molar-refractivity contribution >= 4 is 29.2 Å². The van der Waals surface area contributed by atoms with E-state index in [1.54, 1.807) is 42.2 Å². The fourth-order valence-corrected chi connectivity index (χ4v) is 3.77. The van der Waals surface area contributed by atoms with Crippen LogP contribution in [0.2, 0.25) is 5.02 Å². The van der Waals surface area contributed by atoms with E-state index in [-0.39, 0.29) is 5.91 Å². The standard InChI is InChI=1S/C21H18ClN3O3/c1-3-28-21(27)13-8-10-14(11-9-13)25-19(15-6-4-5-7-16(15)22)17-12(2)23-24-18(17)20(25)26/h4-11,19H,3H2,1-2H3,(H,23,24)/t19-/m1/s1. The molecule has 2 heterocycles. The lowest BCUT2D eigenvalue weighted by Gasteiger charge is -2.27. The summed E-state index contributed by atoms with van der Waals surface area (Å²) < 4.78 is 5.02. The molecule has 0 fully saturated rings. The van der Waals surface area contributed by atoms with E-state index in [0.717, 1.165) is 16.8 Å². The molecule has 0 unspecified atom stereocenters. The first-order valence-corrected chi connectivity index (χ1v) is 9.30. The number of ether oxygens (including phenoxy) is 1. The van der Waals surface area contributed by atoms with Gasteiger partial charge in [0.1, 0.15) is 0 Å². The lowest BCUT2D eigenvalue weighted by molar-refractivity contribution is 0.0526. The predicted octanol–water partition coefficient (Wildman–Crippen LogP) is 4.30. The van der Waals surface area contributed by atoms with Crippen molar-refractivity contribution in [3.63, 3.8) is 0 Å². The van der Waals surface area contributed by atoms with E-state index in [2.05, 4.69) is 10.2 Å². The van der Waals surface area contributed by atoms with Gasteiger partial charge in [0.15, 0.2) is 5.69 Å². The third-order valence-electron chi connectivity index (χ3n) is 4.80. The number of hydrogen-bond donors (Lipinski definition) is 1. The van der Waals surface area contributed by atoms with Crippen molar-refractivity contribution < 1.29 is 14.3 Å². The number of carbonyl (C=O) groups is 2. The Kier molecular flexibility index (Phi) is 4.65. The van der Waals surface area contributed by atoms with E-state index in [4.69, 9.17) is 16.3 Å². The summed E-state index contributed by atoms with van der Waals surface area (Å²) in [5.41, 5.74) is 3.92. The highest BCUT2D eigenvalue weighted by Gasteiger charge is 2.43. The van der Waals surface area contributed by atoms with Crippen molar-refractivity contribution in [2.45, 2.75) is 19.9 Å². The van der Waals surface area contributed by atoms with Crippen molar-refractivity contribution in [1.29, 1.82) is 0 Å². The molecule has 0 aliphatic carbocycles. The number of aromatic nitrogens is 2. The van der Waals surface area contributed by atoms with E-state index in [1.165, 1.54) is 0 Å². The van der Waals surface area contributed by atoms with Crippen LogP contribution in [-0.2, 0) is 4.74 Å². The Morgan fingerprint density at radius 1 is 1.21 bits per heavy atom. The van der Waals surface area contributed by atoms with Crippen LogP contribution in [0.4, 0.5) is 5.69 Å². The van der Waals surface area contributed by atoms with Crippen LogP contribution in [-0.4, -0.2) is 28.7 Å². The van der Waals surface area contributed by atoms with Crippen LogP contribution in [0.25, 0.3) is 0 Å². The van der Waals surface area contributed by atoms with Crippen LogP contribution in [0.1, 0.15) is 50.6 Å². The molecule has 2 aromatic carbocycles. The molecule has 0 radical (unpaired) electrons. The zero-order valence-electron chi connectivity index (χ0n) is 15.4. The Balaban J connectivity index is 1.80. The summed E-state index contributed by atoms with van der Waals surface area (Å²) in [4.78, 5) is 26.7. The number of aryl methyl sites for hydroxylation is 1. The Labute approximate surface area is 167 Å². The molecule has 1 aliphatic rings. The molecule has 0 spiro atoms. The summed E-state index contributed by atoms with van der Waals surface area (Å²) in [6.07, 6.45) is 0. The molecule has 142 valence electrons. The van der Waals surface area contributed by atoms with Gasteiger partial charge in [-0.3, -0.25) is 14.8 Å². The first-order valence-electron chi connectivity index (χ1n) is 8.93. The van der Waals surface area contributed by atoms with Crippen molar-refractivity contribution in [3.05, 3.63) is 81.6 Å². The van der Waals surface area contributed by atoms with E-state index in [0.29, 0.717) is 28.6 Å². The van der Waals surface area contributed by atoms with Crippen LogP contribution in [0.5, 0.6) is 0 Å². The summed E-state index contributed by atoms with van der Waals surface area (Å²) in [6.45, 7) is 3.95. The smallest absolute Gasteiger partial charge is 0.338 e. The Morgan fingerprint density at radius 3 is 2.61 bits per heavy atom. The minimum absolute atomic E-state index is 0.215. The molecule has 4 rings (SSSR count). The summed E-state index contributed by atoms with van der Waals surface area (Å²) in [7, 11) is 0. The minimum atomic E-state index is -0.400. The normalized spacial score (nSPS) is 15.6. The molecule has 3 aromatic rings. The first kappa shape index (κ1) is 18.3. The van der Waals surface area contributed by atoms with Gasteiger partial charge in [-0.05, 0) is 49.7 Å². The SMILES string of the molecule is CCOC(=O)c1ccc(N2C(=O)c3n[nH]c(C)c3[C@H]2c2ccccc2Cl)cc1. The van der Waals surface area contributed by atoms with Gasteiger partial charge in [-0.2, -0.15) is 5.10 Å². The number of halogens is 1. The monoisotopic (exact) mass is 395 g/mol. The number of hydrogen-bond acceptors (Lipinski definition) is 4. The molecule has 6 nitrogen and oxygen atoms in total. The second-order valence-electron chi connectivity index (χ2n) is 6.48. The molecular formula is C21H18ClN3O3. The Morgan fingerprint density at radius 2 is 1.93 bits per heavy atom. The van der Waals surface area contributed by atoms with Crippen molar-refractivity contribution in [2.24, 2.45) is 0 Å². The molecule has 0 saturated carbocycles. The molecule has 7 heteroatoms. The summed E-state index contributed by atoms with van der Waals surface area (Å²) in [5, 5.41) is 7.66. The minimum Gasteiger partial charge on any atom is -0.462 e. The molecular weight excluding hydrogens is 378 g/mol. The quantitative estimate of drug-likeness (QED) is 0.668. The number of rotatable bonds is 4. The maximum absolute atomic E-state index is 13.1. The van der Waals surface area contributed by atoms with Crippen molar-refractivity contribution in [2.75, 3.05) is 11.5 Å². The van der Waals surface area contributed by atoms with Crippen LogP contribution in [0.15, 0.2) is 48.5 Å². The van der Waals surface area contributed by atoms with Crippen molar-refractivity contribution in [3.8, 4) is 0 Å². The molecule has 1 N–H and O–H groups in total. The molecule has 1 atom stereocenters. The van der Waals surface area contributed by atoms with Gasteiger partial charge < -0.3 is 4.74 Å². The number of anilines is 1. The van der Waals surface area contributed by atoms with E-state index in [9.17, 15) is 9.59 Å². The lowest BCUT2D eigenvalue weighted by Crippen LogP contribution is -2.29. The maximum Gasteiger partial charge on any atom is 0.338 e. The van der Waals surface area contributed by atoms with E-state index < -0.39 is 12.0 Å². The molecule has 1 aromatic heterocycles. The fraction of sp³-hybridized carbons (Fsp3) is 0.190. The average Bonchev–Trinajstić information content (AvgIpc) is 3.21. The van der Waals surface area contributed by atoms with Gasteiger partial charge in [0.2, 0.25) is 0 Å². The molecule has 28 heavy (non-hydrogen) atoms. The summed E-state index contributed by atoms with van der Waals surface area (Å²) >= 11 is 6.46. The number of aromatic amines is 1. The molecule has 0 bridgehead atoms. The maximum atomic E-state index is 13.1. The second-order valence-corrected chi connectivity index (χ2v) is 6.88. The first-order chi connectivity index (χ1) is 13.5. The number of carbonyl (C=O) groups excluding carboxylic acids is 2. The van der Waals surface area contributed by atoms with Gasteiger partial charge in [0, 0.05) is 22.0 Å². The van der Waals surface area contributed by atoms with Gasteiger partial charge in [0.25, 0.3) is 5.91 Å². The fourth-order valence-electron chi connectivity index (χ4n) is 3.53.